The summed E-state index contributed by atoms with van der Waals surface area (Å²) in [6.07, 6.45) is 0. The van der Waals surface area contributed by atoms with Crippen LogP contribution >= 0.6 is 0 Å². The molecule has 0 fully saturated rings. The summed E-state index contributed by atoms with van der Waals surface area (Å²) in [6.45, 7) is 8.92. The van der Waals surface area contributed by atoms with Gasteiger partial charge in [0.25, 0.3) is 0 Å². The Bertz CT molecular complexity index is 2680. The van der Waals surface area contributed by atoms with Gasteiger partial charge in [-0.15, -0.1) is 0 Å². The van der Waals surface area contributed by atoms with E-state index in [0.29, 0.717) is 0 Å². The van der Waals surface area contributed by atoms with E-state index in [-0.39, 0.29) is 5.41 Å². The standard InChI is InChI=1S/C51H46O4/c1-31-9-11-32(12-10-31)47-43-29-39(54-7)25-27-41(43)46(35-17-23-38(53-6)24-18-35)50-48(33-13-19-36(20-14-33)51(2,3)4)44-30-40(55-8)26-28-42(44)45(49(47)50)34-15-21-37(52-5)22-16-34/h9-30H,1-8H3. The SMILES string of the molecule is COc1ccc(-c2c3ccc(OC)cc3c(-c3ccc(C(C)(C)C)cc3)c3c(-c4ccc(OC)cc4)c4ccc(OC)cc4c(-c4ccc(C)cc4)c23)cc1. The first kappa shape index (κ1) is 35.8. The molecule has 0 saturated carbocycles. The Morgan fingerprint density at radius 3 is 1.00 bits per heavy atom. The highest BCUT2D eigenvalue weighted by Crippen LogP contribution is 2.54. The Hall–Kier alpha value is -6.26. The van der Waals surface area contributed by atoms with E-state index in [2.05, 4.69) is 161 Å². The molecular weight excluding hydrogens is 677 g/mol. The van der Waals surface area contributed by atoms with Crippen LogP contribution in [-0.2, 0) is 5.41 Å². The minimum atomic E-state index is 0.00618. The van der Waals surface area contributed by atoms with Crippen molar-refractivity contribution in [2.24, 2.45) is 0 Å². The Morgan fingerprint density at radius 2 is 0.655 bits per heavy atom. The Kier molecular flexibility index (Phi) is 9.22. The van der Waals surface area contributed by atoms with E-state index in [9.17, 15) is 0 Å². The van der Waals surface area contributed by atoms with Gasteiger partial charge in [-0.05, 0) is 143 Å². The van der Waals surface area contributed by atoms with Gasteiger partial charge in [-0.3, -0.25) is 0 Å². The highest BCUT2D eigenvalue weighted by molar-refractivity contribution is 6.34. The summed E-state index contributed by atoms with van der Waals surface area (Å²) < 4.78 is 23.2. The molecule has 0 aromatic heterocycles. The molecule has 274 valence electrons. The van der Waals surface area contributed by atoms with Crippen LogP contribution in [0.1, 0.15) is 31.9 Å². The first-order valence-corrected chi connectivity index (χ1v) is 18.7. The number of rotatable bonds is 8. The Morgan fingerprint density at radius 1 is 0.345 bits per heavy atom. The van der Waals surface area contributed by atoms with E-state index in [1.165, 1.54) is 11.1 Å². The minimum absolute atomic E-state index is 0.00618. The normalized spacial score (nSPS) is 11.6. The van der Waals surface area contributed by atoms with Gasteiger partial charge in [0.2, 0.25) is 0 Å². The van der Waals surface area contributed by atoms with Crippen molar-refractivity contribution in [1.82, 2.24) is 0 Å². The number of fused-ring (bicyclic) bond motifs is 3. The summed E-state index contributed by atoms with van der Waals surface area (Å²) in [7, 11) is 6.90. The number of ether oxygens (including phenoxy) is 4. The molecule has 4 heteroatoms. The van der Waals surface area contributed by atoms with E-state index >= 15 is 0 Å². The molecule has 0 spiro atoms. The third-order valence-electron chi connectivity index (χ3n) is 10.9. The highest BCUT2D eigenvalue weighted by atomic mass is 16.5. The molecule has 0 atom stereocenters. The van der Waals surface area contributed by atoms with Crippen LogP contribution in [0.5, 0.6) is 23.0 Å². The minimum Gasteiger partial charge on any atom is -0.497 e. The fraction of sp³-hybridized carbons (Fsp3) is 0.176. The van der Waals surface area contributed by atoms with Gasteiger partial charge in [0.1, 0.15) is 23.0 Å². The highest BCUT2D eigenvalue weighted by Gasteiger charge is 2.27. The fourth-order valence-corrected chi connectivity index (χ4v) is 8.01. The molecule has 8 rings (SSSR count). The molecule has 4 nitrogen and oxygen atoms in total. The molecule has 0 radical (unpaired) electrons. The second kappa shape index (κ2) is 14.2. The zero-order valence-corrected chi connectivity index (χ0v) is 32.8. The van der Waals surface area contributed by atoms with Crippen LogP contribution < -0.4 is 18.9 Å². The molecule has 0 saturated heterocycles. The molecule has 0 unspecified atom stereocenters. The van der Waals surface area contributed by atoms with Crippen LogP contribution in [0.2, 0.25) is 0 Å². The van der Waals surface area contributed by atoms with E-state index < -0.39 is 0 Å². The van der Waals surface area contributed by atoms with Gasteiger partial charge in [0.05, 0.1) is 28.4 Å². The number of hydrogen-bond donors (Lipinski definition) is 0. The molecule has 0 heterocycles. The maximum absolute atomic E-state index is 5.96. The van der Waals surface area contributed by atoms with Gasteiger partial charge in [0.15, 0.2) is 0 Å². The molecule has 8 aromatic carbocycles. The lowest BCUT2D eigenvalue weighted by molar-refractivity contribution is 0.415. The van der Waals surface area contributed by atoms with Crippen molar-refractivity contribution in [3.8, 4) is 67.5 Å². The second-order valence-corrected chi connectivity index (χ2v) is 15.2. The molecule has 8 aromatic rings. The first-order valence-electron chi connectivity index (χ1n) is 18.7. The van der Waals surface area contributed by atoms with E-state index in [0.717, 1.165) is 99.8 Å². The van der Waals surface area contributed by atoms with Crippen LogP contribution in [0, 0.1) is 6.92 Å². The predicted molar refractivity (Wildman–Crippen MR) is 230 cm³/mol. The molecule has 0 bridgehead atoms. The number of benzene rings is 8. The molecule has 0 N–H and O–H groups in total. The number of aryl methyl sites for hydroxylation is 1. The molecule has 55 heavy (non-hydrogen) atoms. The van der Waals surface area contributed by atoms with Gasteiger partial charge in [0, 0.05) is 0 Å². The molecule has 0 aliphatic carbocycles. The molecular formula is C51H46O4. The summed E-state index contributed by atoms with van der Waals surface area (Å²) in [5, 5.41) is 6.80. The second-order valence-electron chi connectivity index (χ2n) is 15.2. The first-order chi connectivity index (χ1) is 26.6. The van der Waals surface area contributed by atoms with Crippen LogP contribution in [-0.4, -0.2) is 28.4 Å². The van der Waals surface area contributed by atoms with Crippen LogP contribution in [0.25, 0.3) is 76.8 Å². The van der Waals surface area contributed by atoms with Gasteiger partial charge in [-0.1, -0.05) is 111 Å². The summed E-state index contributed by atoms with van der Waals surface area (Å²) in [5.74, 6) is 3.22. The van der Waals surface area contributed by atoms with Crippen LogP contribution in [0.4, 0.5) is 0 Å². The largest absolute Gasteiger partial charge is 0.497 e. The van der Waals surface area contributed by atoms with E-state index in [1.807, 2.05) is 0 Å². The smallest absolute Gasteiger partial charge is 0.119 e. The van der Waals surface area contributed by atoms with Crippen molar-refractivity contribution < 1.29 is 18.9 Å². The summed E-state index contributed by atoms with van der Waals surface area (Å²) in [6, 6.07) is 48.0. The van der Waals surface area contributed by atoms with E-state index in [1.54, 1.807) is 28.4 Å². The molecule has 0 aliphatic heterocycles. The third kappa shape index (κ3) is 6.32. The fourth-order valence-electron chi connectivity index (χ4n) is 8.01. The number of hydrogen-bond acceptors (Lipinski definition) is 4. The lowest BCUT2D eigenvalue weighted by atomic mass is 9.77. The van der Waals surface area contributed by atoms with Crippen molar-refractivity contribution >= 4 is 32.3 Å². The number of methoxy groups -OCH3 is 4. The maximum Gasteiger partial charge on any atom is 0.119 e. The van der Waals surface area contributed by atoms with Gasteiger partial charge in [-0.25, -0.2) is 0 Å². The van der Waals surface area contributed by atoms with Crippen molar-refractivity contribution in [3.63, 3.8) is 0 Å². The van der Waals surface area contributed by atoms with Gasteiger partial charge >= 0.3 is 0 Å². The van der Waals surface area contributed by atoms with Crippen molar-refractivity contribution in [2.45, 2.75) is 33.1 Å². The van der Waals surface area contributed by atoms with Crippen molar-refractivity contribution in [1.29, 1.82) is 0 Å². The molecule has 0 amide bonds. The average Bonchev–Trinajstić information content (AvgIpc) is 3.22. The third-order valence-corrected chi connectivity index (χ3v) is 10.9. The monoisotopic (exact) mass is 722 g/mol. The van der Waals surface area contributed by atoms with Crippen LogP contribution in [0.15, 0.2) is 133 Å². The van der Waals surface area contributed by atoms with Gasteiger partial charge in [-0.2, -0.15) is 0 Å². The van der Waals surface area contributed by atoms with E-state index in [4.69, 9.17) is 18.9 Å². The quantitative estimate of drug-likeness (QED) is 0.146. The topological polar surface area (TPSA) is 36.9 Å². The van der Waals surface area contributed by atoms with Crippen molar-refractivity contribution in [3.05, 3.63) is 145 Å². The zero-order chi connectivity index (χ0) is 38.4. The lowest BCUT2D eigenvalue weighted by Crippen LogP contribution is -2.10. The predicted octanol–water partition coefficient (Wildman–Crippen LogP) is 13.5. The lowest BCUT2D eigenvalue weighted by Gasteiger charge is -2.26. The zero-order valence-electron chi connectivity index (χ0n) is 32.8. The Balaban J connectivity index is 1.72. The average molecular weight is 723 g/mol. The van der Waals surface area contributed by atoms with Crippen molar-refractivity contribution in [2.75, 3.05) is 28.4 Å². The summed E-state index contributed by atoms with van der Waals surface area (Å²) >= 11 is 0. The summed E-state index contributed by atoms with van der Waals surface area (Å²) in [4.78, 5) is 0. The maximum atomic E-state index is 5.96. The molecule has 0 aliphatic rings. The Labute approximate surface area is 323 Å². The van der Waals surface area contributed by atoms with Gasteiger partial charge < -0.3 is 18.9 Å². The summed E-state index contributed by atoms with van der Waals surface area (Å²) in [5.41, 5.74) is 11.5. The van der Waals surface area contributed by atoms with Crippen LogP contribution in [0.3, 0.4) is 0 Å².